The fraction of sp³-hybridized carbons (Fsp3) is 0.778. The average Bonchev–Trinajstić information content (AvgIpc) is 2.20. The minimum Gasteiger partial charge on any atom is -0.481 e. The van der Waals surface area contributed by atoms with Gasteiger partial charge in [0.25, 0.3) is 0 Å². The van der Waals surface area contributed by atoms with Crippen LogP contribution in [-0.4, -0.2) is 49.6 Å². The molecule has 0 radical (unpaired) electrons. The lowest BCUT2D eigenvalue weighted by molar-refractivity contribution is -0.142. The van der Waals surface area contributed by atoms with Gasteiger partial charge in [0, 0.05) is 14.1 Å². The molecule has 5 heteroatoms. The third-order valence-corrected chi connectivity index (χ3v) is 1.90. The number of rotatable bonds is 2. The second kappa shape index (κ2) is 7.32. The molecule has 1 aliphatic heterocycles. The molecule has 0 unspecified atom stereocenters. The number of amides is 1. The van der Waals surface area contributed by atoms with Crippen LogP contribution in [0.2, 0.25) is 0 Å². The van der Waals surface area contributed by atoms with Crippen molar-refractivity contribution in [3.63, 3.8) is 0 Å². The van der Waals surface area contributed by atoms with Crippen molar-refractivity contribution in [2.45, 2.75) is 12.8 Å². The van der Waals surface area contributed by atoms with Crippen LogP contribution in [0.3, 0.4) is 0 Å². The van der Waals surface area contributed by atoms with E-state index in [0.29, 0.717) is 0 Å². The summed E-state index contributed by atoms with van der Waals surface area (Å²) in [7, 11) is 3.38. The number of nitrogens with one attached hydrogen (secondary N) is 1. The van der Waals surface area contributed by atoms with Crippen molar-refractivity contribution in [2.24, 2.45) is 5.92 Å². The molecule has 0 aromatic rings. The molecule has 2 N–H and O–H groups in total. The molecule has 82 valence electrons. The molecule has 14 heavy (non-hydrogen) atoms. The molecule has 0 atom stereocenters. The average molecular weight is 202 g/mol. The third-order valence-electron chi connectivity index (χ3n) is 1.90. The fourth-order valence-electron chi connectivity index (χ4n) is 1.07. The number of carboxylic acids is 1. The van der Waals surface area contributed by atoms with Crippen molar-refractivity contribution in [1.82, 2.24) is 10.2 Å². The molecule has 0 spiro atoms. The van der Waals surface area contributed by atoms with Gasteiger partial charge >= 0.3 is 5.97 Å². The largest absolute Gasteiger partial charge is 0.481 e. The molecule has 0 aromatic heterocycles. The van der Waals surface area contributed by atoms with Gasteiger partial charge in [-0.05, 0) is 25.9 Å². The zero-order valence-electron chi connectivity index (χ0n) is 8.69. The van der Waals surface area contributed by atoms with Crippen LogP contribution in [0.1, 0.15) is 12.8 Å². The molecule has 1 amide bonds. The lowest BCUT2D eigenvalue weighted by atomic mass is 9.99. The van der Waals surface area contributed by atoms with Gasteiger partial charge in [-0.2, -0.15) is 0 Å². The summed E-state index contributed by atoms with van der Waals surface area (Å²) in [6.45, 7) is 1.72. The molecule has 0 saturated carbocycles. The zero-order chi connectivity index (χ0) is 11.0. The number of carbonyl (C=O) groups is 2. The van der Waals surface area contributed by atoms with E-state index >= 15 is 0 Å². The Hall–Kier alpha value is -1.10. The molecule has 1 fully saturated rings. The summed E-state index contributed by atoms with van der Waals surface area (Å²) in [4.78, 5) is 21.2. The summed E-state index contributed by atoms with van der Waals surface area (Å²) in [5, 5.41) is 11.6. The Morgan fingerprint density at radius 2 is 1.86 bits per heavy atom. The van der Waals surface area contributed by atoms with E-state index in [0.717, 1.165) is 32.3 Å². The van der Waals surface area contributed by atoms with Crippen molar-refractivity contribution in [1.29, 1.82) is 0 Å². The van der Waals surface area contributed by atoms with Crippen LogP contribution in [0.25, 0.3) is 0 Å². The maximum absolute atomic E-state index is 10.3. The Kier molecular flexibility index (Phi) is 6.74. The van der Waals surface area contributed by atoms with E-state index in [-0.39, 0.29) is 5.92 Å². The van der Waals surface area contributed by atoms with E-state index < -0.39 is 5.97 Å². The van der Waals surface area contributed by atoms with Crippen LogP contribution in [0.5, 0.6) is 0 Å². The van der Waals surface area contributed by atoms with E-state index in [1.807, 2.05) is 0 Å². The molecule has 0 aromatic carbocycles. The molecule has 5 nitrogen and oxygen atoms in total. The van der Waals surface area contributed by atoms with Gasteiger partial charge < -0.3 is 15.3 Å². The summed E-state index contributed by atoms with van der Waals surface area (Å²) < 4.78 is 0. The van der Waals surface area contributed by atoms with Gasteiger partial charge in [0.1, 0.15) is 0 Å². The highest BCUT2D eigenvalue weighted by Crippen LogP contribution is 2.10. The number of hydrogen-bond acceptors (Lipinski definition) is 3. The van der Waals surface area contributed by atoms with Crippen molar-refractivity contribution in [3.8, 4) is 0 Å². The highest BCUT2D eigenvalue weighted by molar-refractivity contribution is 5.70. The van der Waals surface area contributed by atoms with E-state index in [1.54, 1.807) is 14.1 Å². The highest BCUT2D eigenvalue weighted by atomic mass is 16.4. The number of nitrogens with zero attached hydrogens (tertiary/aromatic N) is 1. The van der Waals surface area contributed by atoms with Gasteiger partial charge in [0.05, 0.1) is 5.92 Å². The summed E-state index contributed by atoms with van der Waals surface area (Å²) in [5.41, 5.74) is 0. The monoisotopic (exact) mass is 202 g/mol. The molecule has 1 heterocycles. The number of carbonyl (C=O) groups excluding carboxylic acids is 1. The predicted molar refractivity (Wildman–Crippen MR) is 53.0 cm³/mol. The van der Waals surface area contributed by atoms with E-state index in [9.17, 15) is 9.59 Å². The lowest BCUT2D eigenvalue weighted by Crippen LogP contribution is -2.31. The molecule has 1 aliphatic rings. The Balaban J connectivity index is 0.000000292. The van der Waals surface area contributed by atoms with Crippen LogP contribution < -0.4 is 5.32 Å². The zero-order valence-corrected chi connectivity index (χ0v) is 8.69. The minimum atomic E-state index is -0.642. The molecule has 0 bridgehead atoms. The third kappa shape index (κ3) is 6.42. The first-order valence-corrected chi connectivity index (χ1v) is 4.63. The first-order chi connectivity index (χ1) is 6.57. The Morgan fingerprint density at radius 3 is 2.07 bits per heavy atom. The fourth-order valence-corrected chi connectivity index (χ4v) is 1.07. The van der Waals surface area contributed by atoms with Gasteiger partial charge in [-0.1, -0.05) is 0 Å². The van der Waals surface area contributed by atoms with Gasteiger partial charge in [-0.3, -0.25) is 9.59 Å². The predicted octanol–water partition coefficient (Wildman–Crippen LogP) is -0.225. The number of aliphatic carboxylic acids is 1. The number of carboxylic acid groups (broad SMARTS) is 1. The Morgan fingerprint density at radius 1 is 1.43 bits per heavy atom. The summed E-state index contributed by atoms with van der Waals surface area (Å²) in [5.74, 6) is -0.734. The maximum Gasteiger partial charge on any atom is 0.306 e. The Labute approximate surface area is 84.1 Å². The van der Waals surface area contributed by atoms with Crippen molar-refractivity contribution >= 4 is 12.4 Å². The van der Waals surface area contributed by atoms with Gasteiger partial charge in [0.15, 0.2) is 0 Å². The first kappa shape index (κ1) is 12.9. The standard InChI is InChI=1S/C6H11NO2.C3H7NO/c8-6(9)5-1-3-7-4-2-5;1-4(2)3-5/h5,7H,1-4H2,(H,8,9);3H,1-2H3. The highest BCUT2D eigenvalue weighted by Gasteiger charge is 2.18. The van der Waals surface area contributed by atoms with Crippen molar-refractivity contribution < 1.29 is 14.7 Å². The van der Waals surface area contributed by atoms with Crippen molar-refractivity contribution in [2.75, 3.05) is 27.2 Å². The molecule has 0 aliphatic carbocycles. The van der Waals surface area contributed by atoms with Crippen molar-refractivity contribution in [3.05, 3.63) is 0 Å². The maximum atomic E-state index is 10.3. The number of hydrogen-bond donors (Lipinski definition) is 2. The normalized spacial score (nSPS) is 16.4. The molecular formula is C9H18N2O3. The molecule has 1 saturated heterocycles. The van der Waals surface area contributed by atoms with Crippen LogP contribution in [0.4, 0.5) is 0 Å². The number of piperidine rings is 1. The topological polar surface area (TPSA) is 69.6 Å². The second-order valence-corrected chi connectivity index (χ2v) is 3.43. The van der Waals surface area contributed by atoms with Gasteiger partial charge in [-0.15, -0.1) is 0 Å². The molecular weight excluding hydrogens is 184 g/mol. The first-order valence-electron chi connectivity index (χ1n) is 4.63. The van der Waals surface area contributed by atoms with Crippen LogP contribution >= 0.6 is 0 Å². The smallest absolute Gasteiger partial charge is 0.306 e. The van der Waals surface area contributed by atoms with E-state index in [4.69, 9.17) is 5.11 Å². The summed E-state index contributed by atoms with van der Waals surface area (Å²) in [6, 6.07) is 0. The second-order valence-electron chi connectivity index (χ2n) is 3.43. The van der Waals surface area contributed by atoms with Crippen LogP contribution in [0.15, 0.2) is 0 Å². The van der Waals surface area contributed by atoms with Gasteiger partial charge in [0.2, 0.25) is 6.41 Å². The van der Waals surface area contributed by atoms with Crippen LogP contribution in [-0.2, 0) is 9.59 Å². The summed E-state index contributed by atoms with van der Waals surface area (Å²) in [6.07, 6.45) is 2.32. The van der Waals surface area contributed by atoms with Crippen LogP contribution in [0, 0.1) is 5.92 Å². The minimum absolute atomic E-state index is 0.0914. The SMILES string of the molecule is CN(C)C=O.O=C(O)C1CCNCC1. The molecule has 1 rings (SSSR count). The lowest BCUT2D eigenvalue weighted by Gasteiger charge is -2.17. The summed E-state index contributed by atoms with van der Waals surface area (Å²) >= 11 is 0. The van der Waals surface area contributed by atoms with E-state index in [2.05, 4.69) is 5.32 Å². The van der Waals surface area contributed by atoms with Gasteiger partial charge in [-0.25, -0.2) is 0 Å². The quantitative estimate of drug-likeness (QED) is 0.607. The van der Waals surface area contributed by atoms with E-state index in [1.165, 1.54) is 4.90 Å². The Bertz CT molecular complexity index is 177.